The van der Waals surface area contributed by atoms with Crippen molar-refractivity contribution in [1.29, 1.82) is 0 Å². The molecule has 0 atom stereocenters. The molecule has 138 valence electrons. The van der Waals surface area contributed by atoms with Crippen LogP contribution in [-0.2, 0) is 6.18 Å². The van der Waals surface area contributed by atoms with Gasteiger partial charge in [0.15, 0.2) is 0 Å². The molecule has 3 rings (SSSR count). The number of nitrogens with zero attached hydrogens (tertiary/aromatic N) is 1. The number of carboxylic acids is 1. The second kappa shape index (κ2) is 6.75. The highest BCUT2D eigenvalue weighted by atomic mass is 19.4. The number of rotatable bonds is 3. The Labute approximate surface area is 152 Å². The summed E-state index contributed by atoms with van der Waals surface area (Å²) in [4.78, 5) is 24.2. The van der Waals surface area contributed by atoms with Crippen LogP contribution in [0.4, 0.5) is 13.2 Å². The van der Waals surface area contributed by atoms with E-state index in [1.807, 2.05) is 0 Å². The van der Waals surface area contributed by atoms with E-state index in [1.54, 1.807) is 37.3 Å². The summed E-state index contributed by atoms with van der Waals surface area (Å²) >= 11 is 0. The van der Waals surface area contributed by atoms with E-state index in [2.05, 4.69) is 0 Å². The Morgan fingerprint density at radius 2 is 1.70 bits per heavy atom. The van der Waals surface area contributed by atoms with E-state index in [0.29, 0.717) is 11.4 Å². The van der Waals surface area contributed by atoms with E-state index in [-0.39, 0.29) is 11.1 Å². The van der Waals surface area contributed by atoms with E-state index in [9.17, 15) is 27.9 Å². The van der Waals surface area contributed by atoms with E-state index in [1.165, 1.54) is 22.9 Å². The van der Waals surface area contributed by atoms with Gasteiger partial charge in [0, 0.05) is 23.1 Å². The molecule has 0 unspecified atom stereocenters. The Morgan fingerprint density at radius 1 is 1.04 bits per heavy atom. The molecule has 0 bridgehead atoms. The molecule has 4 nitrogen and oxygen atoms in total. The fourth-order valence-electron chi connectivity index (χ4n) is 2.90. The minimum Gasteiger partial charge on any atom is -0.477 e. The van der Waals surface area contributed by atoms with Gasteiger partial charge in [-0.2, -0.15) is 13.2 Å². The maximum absolute atomic E-state index is 13.1. The number of pyridine rings is 1. The number of hydrogen-bond acceptors (Lipinski definition) is 2. The Balaban J connectivity index is 2.35. The molecule has 3 aromatic rings. The minimum absolute atomic E-state index is 0.0140. The second-order valence-electron chi connectivity index (χ2n) is 5.92. The van der Waals surface area contributed by atoms with Crippen LogP contribution in [0.2, 0.25) is 0 Å². The summed E-state index contributed by atoms with van der Waals surface area (Å²) in [6.07, 6.45) is -3.39. The van der Waals surface area contributed by atoms with Crippen LogP contribution in [0.1, 0.15) is 21.6 Å². The predicted octanol–water partition coefficient (Wildman–Crippen LogP) is 4.53. The Morgan fingerprint density at radius 3 is 2.30 bits per heavy atom. The van der Waals surface area contributed by atoms with Crippen molar-refractivity contribution in [3.63, 3.8) is 0 Å². The largest absolute Gasteiger partial charge is 0.477 e. The molecule has 0 saturated heterocycles. The zero-order valence-electron chi connectivity index (χ0n) is 14.1. The fourth-order valence-corrected chi connectivity index (χ4v) is 2.90. The first-order chi connectivity index (χ1) is 12.7. The quantitative estimate of drug-likeness (QED) is 0.734. The summed E-state index contributed by atoms with van der Waals surface area (Å²) < 4.78 is 40.7. The van der Waals surface area contributed by atoms with Gasteiger partial charge in [-0.05, 0) is 36.8 Å². The van der Waals surface area contributed by atoms with Gasteiger partial charge in [0.2, 0.25) is 5.43 Å². The van der Waals surface area contributed by atoms with Crippen LogP contribution in [0.3, 0.4) is 0 Å². The summed E-state index contributed by atoms with van der Waals surface area (Å²) in [6, 6.07) is 13.0. The molecule has 1 N–H and O–H groups in total. The highest BCUT2D eigenvalue weighted by Crippen LogP contribution is 2.32. The highest BCUT2D eigenvalue weighted by Gasteiger charge is 2.31. The van der Waals surface area contributed by atoms with Gasteiger partial charge >= 0.3 is 12.1 Å². The van der Waals surface area contributed by atoms with Gasteiger partial charge in [-0.1, -0.05) is 30.3 Å². The van der Waals surface area contributed by atoms with Gasteiger partial charge in [0.1, 0.15) is 5.56 Å². The molecule has 7 heteroatoms. The molecule has 0 aliphatic rings. The van der Waals surface area contributed by atoms with Crippen molar-refractivity contribution in [3.8, 4) is 16.8 Å². The highest BCUT2D eigenvalue weighted by molar-refractivity contribution is 5.89. The number of benzene rings is 2. The standard InChI is InChI=1S/C20H14F3NO3/c1-12-17(13-6-5-7-14(10-13)20(21,22)23)18(25)16(19(26)27)11-24(12)15-8-3-2-4-9-15/h2-11H,1H3,(H,26,27). The van der Waals surface area contributed by atoms with Crippen LogP contribution >= 0.6 is 0 Å². The van der Waals surface area contributed by atoms with Gasteiger partial charge < -0.3 is 9.67 Å². The molecule has 0 aliphatic heterocycles. The molecule has 0 amide bonds. The lowest BCUT2D eigenvalue weighted by molar-refractivity contribution is -0.137. The van der Waals surface area contributed by atoms with E-state index in [4.69, 9.17) is 0 Å². The third-order valence-electron chi connectivity index (χ3n) is 4.20. The van der Waals surface area contributed by atoms with Crippen molar-refractivity contribution in [2.45, 2.75) is 13.1 Å². The smallest absolute Gasteiger partial charge is 0.416 e. The summed E-state index contributed by atoms with van der Waals surface area (Å²) in [5.41, 5.74) is -1.39. The first-order valence-electron chi connectivity index (χ1n) is 7.92. The topological polar surface area (TPSA) is 59.3 Å². The lowest BCUT2D eigenvalue weighted by Crippen LogP contribution is -2.22. The molecule has 0 radical (unpaired) electrons. The Hall–Kier alpha value is -3.35. The summed E-state index contributed by atoms with van der Waals surface area (Å²) in [5.74, 6) is -1.45. The second-order valence-corrected chi connectivity index (χ2v) is 5.92. The van der Waals surface area contributed by atoms with Crippen molar-refractivity contribution in [1.82, 2.24) is 4.57 Å². The molecular formula is C20H14F3NO3. The molecule has 0 saturated carbocycles. The van der Waals surface area contributed by atoms with Crippen LogP contribution in [0.15, 0.2) is 65.6 Å². The first kappa shape index (κ1) is 18.4. The van der Waals surface area contributed by atoms with Crippen LogP contribution in [0, 0.1) is 6.92 Å². The zero-order valence-corrected chi connectivity index (χ0v) is 14.1. The zero-order chi connectivity index (χ0) is 19.8. The average molecular weight is 373 g/mol. The predicted molar refractivity (Wildman–Crippen MR) is 94.2 cm³/mol. The molecule has 0 aliphatic carbocycles. The monoisotopic (exact) mass is 373 g/mol. The average Bonchev–Trinajstić information content (AvgIpc) is 2.62. The van der Waals surface area contributed by atoms with Crippen molar-refractivity contribution in [2.75, 3.05) is 0 Å². The number of carboxylic acid groups (broad SMARTS) is 1. The Kier molecular flexibility index (Phi) is 4.61. The maximum Gasteiger partial charge on any atom is 0.416 e. The van der Waals surface area contributed by atoms with Gasteiger partial charge in [-0.15, -0.1) is 0 Å². The SMILES string of the molecule is Cc1c(-c2cccc(C(F)(F)F)c2)c(=O)c(C(=O)O)cn1-c1ccccc1. The van der Waals surface area contributed by atoms with Crippen LogP contribution in [0.5, 0.6) is 0 Å². The fraction of sp³-hybridized carbons (Fsp3) is 0.100. The van der Waals surface area contributed by atoms with E-state index < -0.39 is 28.7 Å². The number of alkyl halides is 3. The molecule has 1 heterocycles. The molecule has 1 aromatic heterocycles. The first-order valence-corrected chi connectivity index (χ1v) is 7.92. The third-order valence-corrected chi connectivity index (χ3v) is 4.20. The lowest BCUT2D eigenvalue weighted by Gasteiger charge is -2.17. The minimum atomic E-state index is -4.58. The molecular weight excluding hydrogens is 359 g/mol. The van der Waals surface area contributed by atoms with Gasteiger partial charge in [0.05, 0.1) is 5.56 Å². The number of halogens is 3. The van der Waals surface area contributed by atoms with Gasteiger partial charge in [0.25, 0.3) is 0 Å². The molecule has 2 aromatic carbocycles. The number of aromatic nitrogens is 1. The molecule has 0 spiro atoms. The van der Waals surface area contributed by atoms with Crippen molar-refractivity contribution in [3.05, 3.63) is 87.8 Å². The van der Waals surface area contributed by atoms with Crippen molar-refractivity contribution in [2.24, 2.45) is 0 Å². The molecule has 0 fully saturated rings. The van der Waals surface area contributed by atoms with Crippen LogP contribution in [-0.4, -0.2) is 15.6 Å². The summed E-state index contributed by atoms with van der Waals surface area (Å²) in [7, 11) is 0. The van der Waals surface area contributed by atoms with Gasteiger partial charge in [-0.25, -0.2) is 4.79 Å². The maximum atomic E-state index is 13.1. The van der Waals surface area contributed by atoms with Crippen LogP contribution in [0.25, 0.3) is 16.8 Å². The summed E-state index contributed by atoms with van der Waals surface area (Å²) in [6.45, 7) is 1.57. The normalized spacial score (nSPS) is 11.4. The summed E-state index contributed by atoms with van der Waals surface area (Å²) in [5, 5.41) is 9.39. The number of aromatic carboxylic acids is 1. The third kappa shape index (κ3) is 3.48. The van der Waals surface area contributed by atoms with Gasteiger partial charge in [-0.3, -0.25) is 4.79 Å². The number of para-hydroxylation sites is 1. The Bertz CT molecular complexity index is 1070. The van der Waals surface area contributed by atoms with Crippen molar-refractivity contribution >= 4 is 5.97 Å². The number of hydrogen-bond donors (Lipinski definition) is 1. The lowest BCUT2D eigenvalue weighted by atomic mass is 9.99. The molecule has 27 heavy (non-hydrogen) atoms. The van der Waals surface area contributed by atoms with E-state index >= 15 is 0 Å². The van der Waals surface area contributed by atoms with Crippen molar-refractivity contribution < 1.29 is 23.1 Å². The number of carbonyl (C=O) groups is 1. The van der Waals surface area contributed by atoms with E-state index in [0.717, 1.165) is 12.1 Å². The van der Waals surface area contributed by atoms with Crippen LogP contribution < -0.4 is 5.43 Å².